The Morgan fingerprint density at radius 1 is 1.00 bits per heavy atom. The molecule has 40 heavy (non-hydrogen) atoms. The number of rotatable bonds is 13. The first-order chi connectivity index (χ1) is 19.2. The third kappa shape index (κ3) is 9.89. The molecular formula is C29H32FN3O6S. The lowest BCUT2D eigenvalue weighted by atomic mass is 10.2. The monoisotopic (exact) mass is 569 g/mol. The number of anilines is 1. The summed E-state index contributed by atoms with van der Waals surface area (Å²) < 4.78 is 57.7. The van der Waals surface area contributed by atoms with Gasteiger partial charge in [0.1, 0.15) is 19.0 Å². The third-order valence-corrected chi connectivity index (χ3v) is 6.80. The standard InChI is InChI=1S/C29H32FN3O6S/c1-33(2)17-18-39-28-19-25(12-15-27(28)37-3)32-40(35,36)26-13-8-22(9-14-26)5-4-16-31-29(34)21-38-20-23-6-10-24(30)11-7-23/h6-15,19,32H,16-18,20-21H2,1-3H3,(H,31,34). The minimum atomic E-state index is -3.86. The number of carbonyl (C=O) groups excluding carboxylic acids is 1. The number of halogens is 1. The van der Waals surface area contributed by atoms with Crippen molar-refractivity contribution in [3.05, 3.63) is 83.7 Å². The van der Waals surface area contributed by atoms with Gasteiger partial charge in [-0.15, -0.1) is 0 Å². The fourth-order valence-electron chi connectivity index (χ4n) is 3.30. The molecule has 0 aromatic heterocycles. The molecule has 0 heterocycles. The van der Waals surface area contributed by atoms with Crippen molar-refractivity contribution < 1.29 is 31.8 Å². The van der Waals surface area contributed by atoms with Crippen molar-refractivity contribution in [3.63, 3.8) is 0 Å². The van der Waals surface area contributed by atoms with Gasteiger partial charge in [-0.2, -0.15) is 0 Å². The van der Waals surface area contributed by atoms with Gasteiger partial charge >= 0.3 is 0 Å². The molecule has 0 unspecified atom stereocenters. The maximum Gasteiger partial charge on any atom is 0.261 e. The second-order valence-corrected chi connectivity index (χ2v) is 10.5. The van der Waals surface area contributed by atoms with Crippen LogP contribution in [-0.4, -0.2) is 66.7 Å². The summed E-state index contributed by atoms with van der Waals surface area (Å²) in [5.74, 6) is 5.94. The Hall–Kier alpha value is -4.11. The number of carbonyl (C=O) groups is 1. The van der Waals surface area contributed by atoms with E-state index in [0.717, 1.165) is 5.56 Å². The third-order valence-electron chi connectivity index (χ3n) is 5.40. The highest BCUT2D eigenvalue weighted by Crippen LogP contribution is 2.31. The topological polar surface area (TPSA) is 106 Å². The Bertz CT molecular complexity index is 1430. The Balaban J connectivity index is 1.50. The molecule has 212 valence electrons. The maximum absolute atomic E-state index is 12.9. The van der Waals surface area contributed by atoms with Crippen molar-refractivity contribution in [1.82, 2.24) is 10.2 Å². The first-order valence-corrected chi connectivity index (χ1v) is 13.8. The van der Waals surface area contributed by atoms with Gasteiger partial charge in [0.2, 0.25) is 5.91 Å². The summed E-state index contributed by atoms with van der Waals surface area (Å²) in [6.07, 6.45) is 0. The molecule has 3 aromatic carbocycles. The van der Waals surface area contributed by atoms with Crippen LogP contribution in [0.4, 0.5) is 10.1 Å². The number of methoxy groups -OCH3 is 1. The SMILES string of the molecule is COc1ccc(NS(=O)(=O)c2ccc(C#CCNC(=O)COCc3ccc(F)cc3)cc2)cc1OCCN(C)C. The predicted octanol–water partition coefficient (Wildman–Crippen LogP) is 3.26. The highest BCUT2D eigenvalue weighted by Gasteiger charge is 2.16. The number of amides is 1. The number of likely N-dealkylation sites (N-methyl/N-ethyl adjacent to an activating group) is 1. The van der Waals surface area contributed by atoms with E-state index in [1.54, 1.807) is 42.5 Å². The predicted molar refractivity (Wildman–Crippen MR) is 150 cm³/mol. The van der Waals surface area contributed by atoms with Gasteiger partial charge in [0.05, 0.1) is 30.8 Å². The van der Waals surface area contributed by atoms with Crippen molar-refractivity contribution in [2.45, 2.75) is 11.5 Å². The Morgan fingerprint density at radius 3 is 2.40 bits per heavy atom. The van der Waals surface area contributed by atoms with E-state index < -0.39 is 10.0 Å². The summed E-state index contributed by atoms with van der Waals surface area (Å²) in [5, 5.41) is 2.62. The molecule has 0 bridgehead atoms. The van der Waals surface area contributed by atoms with Crippen LogP contribution in [0.3, 0.4) is 0 Å². The van der Waals surface area contributed by atoms with E-state index in [9.17, 15) is 17.6 Å². The van der Waals surface area contributed by atoms with E-state index in [0.29, 0.717) is 35.9 Å². The van der Waals surface area contributed by atoms with Gasteiger partial charge in [-0.1, -0.05) is 24.0 Å². The number of hydrogen-bond acceptors (Lipinski definition) is 7. The number of sulfonamides is 1. The zero-order valence-electron chi connectivity index (χ0n) is 22.6. The minimum absolute atomic E-state index is 0.0653. The zero-order chi connectivity index (χ0) is 29.0. The van der Waals surface area contributed by atoms with Crippen LogP contribution >= 0.6 is 0 Å². The van der Waals surface area contributed by atoms with Crippen molar-refractivity contribution in [3.8, 4) is 23.3 Å². The molecule has 2 N–H and O–H groups in total. The lowest BCUT2D eigenvalue weighted by molar-refractivity contribution is -0.125. The second-order valence-electron chi connectivity index (χ2n) is 8.85. The number of nitrogens with one attached hydrogen (secondary N) is 2. The number of ether oxygens (including phenoxy) is 3. The van der Waals surface area contributed by atoms with Gasteiger partial charge in [-0.3, -0.25) is 9.52 Å². The summed E-state index contributed by atoms with van der Waals surface area (Å²) in [7, 11) is 1.51. The summed E-state index contributed by atoms with van der Waals surface area (Å²) in [6.45, 7) is 1.23. The molecule has 9 nitrogen and oxygen atoms in total. The summed E-state index contributed by atoms with van der Waals surface area (Å²) in [5.41, 5.74) is 1.68. The van der Waals surface area contributed by atoms with E-state index >= 15 is 0 Å². The fraction of sp³-hybridized carbons (Fsp3) is 0.276. The summed E-state index contributed by atoms with van der Waals surface area (Å²) in [4.78, 5) is 13.9. The van der Waals surface area contributed by atoms with Crippen molar-refractivity contribution in [2.75, 3.05) is 52.2 Å². The van der Waals surface area contributed by atoms with Gasteiger partial charge in [0.25, 0.3) is 10.0 Å². The molecule has 0 atom stereocenters. The van der Waals surface area contributed by atoms with Gasteiger partial charge in [0, 0.05) is 18.2 Å². The molecule has 0 aliphatic heterocycles. The first-order valence-electron chi connectivity index (χ1n) is 12.3. The maximum atomic E-state index is 12.9. The summed E-state index contributed by atoms with van der Waals surface area (Å²) in [6, 6.07) is 16.7. The van der Waals surface area contributed by atoms with Crippen LogP contribution in [0, 0.1) is 17.7 Å². The van der Waals surface area contributed by atoms with Crippen LogP contribution in [0.5, 0.6) is 11.5 Å². The minimum Gasteiger partial charge on any atom is -0.493 e. The number of nitrogens with zero attached hydrogens (tertiary/aromatic N) is 1. The molecule has 0 fully saturated rings. The Labute approximate surface area is 234 Å². The van der Waals surface area contributed by atoms with Crippen molar-refractivity contribution in [1.29, 1.82) is 0 Å². The lowest BCUT2D eigenvalue weighted by Crippen LogP contribution is -2.27. The van der Waals surface area contributed by atoms with E-state index in [1.165, 1.54) is 31.4 Å². The van der Waals surface area contributed by atoms with Crippen LogP contribution in [0.25, 0.3) is 0 Å². The smallest absolute Gasteiger partial charge is 0.261 e. The fourth-order valence-corrected chi connectivity index (χ4v) is 4.35. The molecule has 0 spiro atoms. The molecule has 0 aliphatic carbocycles. The number of hydrogen-bond donors (Lipinski definition) is 2. The van der Waals surface area contributed by atoms with E-state index in [1.807, 2.05) is 19.0 Å². The Kier molecular flexibility index (Phi) is 11.3. The quantitative estimate of drug-likeness (QED) is 0.305. The molecule has 0 radical (unpaired) electrons. The highest BCUT2D eigenvalue weighted by molar-refractivity contribution is 7.92. The van der Waals surface area contributed by atoms with Crippen LogP contribution in [0.2, 0.25) is 0 Å². The molecule has 0 saturated carbocycles. The molecule has 0 aliphatic rings. The highest BCUT2D eigenvalue weighted by atomic mass is 32.2. The van der Waals surface area contributed by atoms with Crippen LogP contribution in [0.1, 0.15) is 11.1 Å². The van der Waals surface area contributed by atoms with Crippen LogP contribution in [0.15, 0.2) is 71.6 Å². The van der Waals surface area contributed by atoms with E-state index in [4.69, 9.17) is 14.2 Å². The largest absolute Gasteiger partial charge is 0.493 e. The molecule has 11 heteroatoms. The van der Waals surface area contributed by atoms with Crippen LogP contribution < -0.4 is 19.5 Å². The van der Waals surface area contributed by atoms with Gasteiger partial charge < -0.3 is 24.4 Å². The average Bonchev–Trinajstić information content (AvgIpc) is 2.92. The van der Waals surface area contributed by atoms with Crippen LogP contribution in [-0.2, 0) is 26.2 Å². The van der Waals surface area contributed by atoms with Crippen molar-refractivity contribution >= 4 is 21.6 Å². The lowest BCUT2D eigenvalue weighted by Gasteiger charge is -2.15. The Morgan fingerprint density at radius 2 is 1.73 bits per heavy atom. The first kappa shape index (κ1) is 30.4. The molecule has 1 amide bonds. The van der Waals surface area contributed by atoms with Gasteiger partial charge in [-0.25, -0.2) is 12.8 Å². The van der Waals surface area contributed by atoms with Gasteiger partial charge in [0.15, 0.2) is 11.5 Å². The molecular weight excluding hydrogens is 537 g/mol. The molecule has 3 aromatic rings. The second kappa shape index (κ2) is 14.9. The van der Waals surface area contributed by atoms with E-state index in [-0.39, 0.29) is 36.4 Å². The normalized spacial score (nSPS) is 10.9. The van der Waals surface area contributed by atoms with Crippen molar-refractivity contribution in [2.24, 2.45) is 0 Å². The van der Waals surface area contributed by atoms with E-state index in [2.05, 4.69) is 21.9 Å². The average molecular weight is 570 g/mol. The summed E-state index contributed by atoms with van der Waals surface area (Å²) >= 11 is 0. The molecule has 3 rings (SSSR count). The van der Waals surface area contributed by atoms with Gasteiger partial charge in [-0.05, 0) is 68.2 Å². The zero-order valence-corrected chi connectivity index (χ0v) is 23.4. The number of benzene rings is 3. The molecule has 0 saturated heterocycles.